The molecule has 2 heterocycles. The van der Waals surface area contributed by atoms with E-state index in [0.717, 1.165) is 6.07 Å². The molecule has 3 aromatic rings. The number of aromatic nitrogens is 1. The van der Waals surface area contributed by atoms with Crippen molar-refractivity contribution in [2.24, 2.45) is 5.73 Å². The van der Waals surface area contributed by atoms with E-state index in [1.165, 1.54) is 35.2 Å². The number of anilines is 1. The van der Waals surface area contributed by atoms with Crippen molar-refractivity contribution in [3.63, 3.8) is 0 Å². The fourth-order valence-corrected chi connectivity index (χ4v) is 3.90. The van der Waals surface area contributed by atoms with Crippen LogP contribution in [0.1, 0.15) is 18.4 Å². The summed E-state index contributed by atoms with van der Waals surface area (Å²) in [4.78, 5) is 39.7. The van der Waals surface area contributed by atoms with E-state index >= 15 is 0 Å². The molecule has 2 atom stereocenters. The van der Waals surface area contributed by atoms with Crippen LogP contribution in [0.4, 0.5) is 23.7 Å². The van der Waals surface area contributed by atoms with E-state index in [0.29, 0.717) is 11.1 Å². The van der Waals surface area contributed by atoms with Gasteiger partial charge in [0, 0.05) is 22.3 Å². The van der Waals surface area contributed by atoms with E-state index < -0.39 is 41.5 Å². The summed E-state index contributed by atoms with van der Waals surface area (Å²) in [6, 6.07) is 9.90. The molecule has 8 nitrogen and oxygen atoms in total. The molecule has 2 aromatic carbocycles. The number of carbonyl (C=O) groups excluding carboxylic acids is 1. The largest absolute Gasteiger partial charge is 0.480 e. The summed E-state index contributed by atoms with van der Waals surface area (Å²) in [6.45, 7) is 0.144. The van der Waals surface area contributed by atoms with Crippen molar-refractivity contribution in [3.8, 4) is 11.3 Å². The fraction of sp³-hybridized carbons (Fsp3) is 0.261. The Labute approximate surface area is 202 Å². The van der Waals surface area contributed by atoms with Gasteiger partial charge in [-0.3, -0.25) is 14.5 Å². The zero-order chi connectivity index (χ0) is 24.6. The Hall–Kier alpha value is -3.57. The summed E-state index contributed by atoms with van der Waals surface area (Å²) < 4.78 is 45.5. The highest BCUT2D eigenvalue weighted by molar-refractivity contribution is 5.94. The molecule has 1 aliphatic rings. The number of nitrogens with zero attached hydrogens (tertiary/aromatic N) is 1. The fourth-order valence-electron chi connectivity index (χ4n) is 3.90. The number of aliphatic carboxylic acids is 1. The van der Waals surface area contributed by atoms with Crippen LogP contribution < -0.4 is 16.2 Å². The zero-order valence-electron chi connectivity index (χ0n) is 18.0. The number of amides is 1. The number of cyclic esters (lactones) is 1. The Kier molecular flexibility index (Phi) is 7.41. The van der Waals surface area contributed by atoms with Crippen molar-refractivity contribution in [1.29, 1.82) is 0 Å². The molecule has 35 heavy (non-hydrogen) atoms. The lowest BCUT2D eigenvalue weighted by Gasteiger charge is -2.15. The van der Waals surface area contributed by atoms with Crippen molar-refractivity contribution in [2.45, 2.75) is 31.2 Å². The van der Waals surface area contributed by atoms with Crippen molar-refractivity contribution in [3.05, 3.63) is 64.4 Å². The van der Waals surface area contributed by atoms with Gasteiger partial charge in [-0.25, -0.2) is 4.79 Å². The summed E-state index contributed by atoms with van der Waals surface area (Å²) in [5.74, 6) is -1.15. The highest BCUT2D eigenvalue weighted by Gasteiger charge is 2.34. The number of rotatable bonds is 6. The highest BCUT2D eigenvalue weighted by atomic mass is 35.5. The maximum atomic E-state index is 13.4. The topological polar surface area (TPSA) is 126 Å². The first-order valence-electron chi connectivity index (χ1n) is 10.3. The van der Waals surface area contributed by atoms with Crippen LogP contribution in [0.2, 0.25) is 0 Å². The Morgan fingerprint density at radius 2 is 1.91 bits per heavy atom. The molecule has 1 aliphatic heterocycles. The number of halogens is 4. The van der Waals surface area contributed by atoms with Crippen molar-refractivity contribution in [1.82, 2.24) is 4.98 Å². The van der Waals surface area contributed by atoms with E-state index in [9.17, 15) is 27.6 Å². The van der Waals surface area contributed by atoms with Crippen LogP contribution in [-0.2, 0) is 15.7 Å². The van der Waals surface area contributed by atoms with Gasteiger partial charge in [-0.15, -0.1) is 12.4 Å². The van der Waals surface area contributed by atoms with Gasteiger partial charge in [0.05, 0.1) is 12.1 Å². The minimum Gasteiger partial charge on any atom is -0.480 e. The first kappa shape index (κ1) is 26.0. The number of carboxylic acids is 1. The molecule has 0 aliphatic carbocycles. The summed E-state index contributed by atoms with van der Waals surface area (Å²) in [5, 5.41) is 9.47. The lowest BCUT2D eigenvalue weighted by atomic mass is 10.0. The van der Waals surface area contributed by atoms with Gasteiger partial charge in [0.15, 0.2) is 0 Å². The van der Waals surface area contributed by atoms with Gasteiger partial charge < -0.3 is 20.6 Å². The summed E-state index contributed by atoms with van der Waals surface area (Å²) in [6.07, 6.45) is -5.42. The Morgan fingerprint density at radius 1 is 1.20 bits per heavy atom. The third-order valence-electron chi connectivity index (χ3n) is 5.65. The smallest absolute Gasteiger partial charge is 0.417 e. The second-order valence-electron chi connectivity index (χ2n) is 7.97. The Bertz CT molecular complexity index is 1330. The molecular formula is C23H21ClF3N3O5. The van der Waals surface area contributed by atoms with E-state index in [1.807, 2.05) is 0 Å². The second kappa shape index (κ2) is 9.96. The number of pyridine rings is 1. The minimum absolute atomic E-state index is 0. The number of aromatic amines is 1. The number of nitrogens with one attached hydrogen (secondary N) is 1. The van der Waals surface area contributed by atoms with Crippen LogP contribution in [0, 0.1) is 0 Å². The number of ether oxygens (including phenoxy) is 1. The van der Waals surface area contributed by atoms with Crippen LogP contribution in [0.3, 0.4) is 0 Å². The molecule has 1 aromatic heterocycles. The van der Waals surface area contributed by atoms with Crippen LogP contribution in [0.15, 0.2) is 53.3 Å². The molecule has 186 valence electrons. The molecule has 1 saturated heterocycles. The van der Waals surface area contributed by atoms with Crippen LogP contribution >= 0.6 is 12.4 Å². The maximum Gasteiger partial charge on any atom is 0.417 e. The first-order valence-corrected chi connectivity index (χ1v) is 10.3. The lowest BCUT2D eigenvalue weighted by molar-refractivity contribution is -0.139. The summed E-state index contributed by atoms with van der Waals surface area (Å²) in [5.41, 5.74) is 4.26. The van der Waals surface area contributed by atoms with Gasteiger partial charge in [-0.05, 0) is 42.5 Å². The average molecular weight is 512 g/mol. The molecule has 0 spiro atoms. The van der Waals surface area contributed by atoms with E-state index in [-0.39, 0.29) is 48.4 Å². The molecule has 1 unspecified atom stereocenters. The quantitative estimate of drug-likeness (QED) is 0.456. The van der Waals surface area contributed by atoms with Gasteiger partial charge >= 0.3 is 18.2 Å². The molecule has 0 saturated carbocycles. The maximum absolute atomic E-state index is 13.4. The number of fused-ring (bicyclic) bond motifs is 1. The molecule has 12 heteroatoms. The number of hydrogen-bond donors (Lipinski definition) is 3. The van der Waals surface area contributed by atoms with E-state index in [4.69, 9.17) is 15.6 Å². The third-order valence-corrected chi connectivity index (χ3v) is 5.65. The molecule has 4 N–H and O–H groups in total. The summed E-state index contributed by atoms with van der Waals surface area (Å²) >= 11 is 0. The molecular weight excluding hydrogens is 491 g/mol. The van der Waals surface area contributed by atoms with Crippen molar-refractivity contribution < 1.29 is 32.6 Å². The number of hydrogen-bond acceptors (Lipinski definition) is 5. The predicted octanol–water partition coefficient (Wildman–Crippen LogP) is 4.15. The van der Waals surface area contributed by atoms with Crippen molar-refractivity contribution in [2.75, 3.05) is 11.4 Å². The predicted molar refractivity (Wildman–Crippen MR) is 125 cm³/mol. The molecule has 0 bridgehead atoms. The second-order valence-corrected chi connectivity index (χ2v) is 7.97. The van der Waals surface area contributed by atoms with Gasteiger partial charge in [0.25, 0.3) is 5.56 Å². The lowest BCUT2D eigenvalue weighted by Crippen LogP contribution is -2.31. The van der Waals surface area contributed by atoms with Gasteiger partial charge in [0.1, 0.15) is 12.1 Å². The normalized spacial score (nSPS) is 16.6. The first-order chi connectivity index (χ1) is 16.0. The van der Waals surface area contributed by atoms with E-state index in [1.54, 1.807) is 12.1 Å². The van der Waals surface area contributed by atoms with Gasteiger partial charge in [0.2, 0.25) is 0 Å². The monoisotopic (exact) mass is 511 g/mol. The van der Waals surface area contributed by atoms with Crippen molar-refractivity contribution >= 4 is 40.9 Å². The number of H-pyrrole nitrogens is 1. The van der Waals surface area contributed by atoms with Gasteiger partial charge in [-0.1, -0.05) is 24.3 Å². The van der Waals surface area contributed by atoms with Crippen LogP contribution in [0.25, 0.3) is 22.0 Å². The van der Waals surface area contributed by atoms with Crippen LogP contribution in [-0.4, -0.2) is 40.8 Å². The number of carboxylic acid groups (broad SMARTS) is 1. The highest BCUT2D eigenvalue weighted by Crippen LogP contribution is 2.36. The number of carbonyl (C=O) groups is 2. The Balaban J connectivity index is 0.00000342. The van der Waals surface area contributed by atoms with Gasteiger partial charge in [-0.2, -0.15) is 13.2 Å². The Morgan fingerprint density at radius 3 is 2.60 bits per heavy atom. The number of alkyl halides is 3. The standard InChI is InChI=1S/C23H20F3N3O5.ClH/c24-23(25,26)17-4-2-1-3-15(17)19-9-12-5-6-13(10-16(12)20(30)28-19)29-11-14(34-22(29)33)7-8-18(27)21(31)32;/h1-6,9-10,14,18H,7-8,11,27H2,(H,28,30)(H,31,32);1H/t14?,18-;/m0./s1. The summed E-state index contributed by atoms with van der Waals surface area (Å²) in [7, 11) is 0. The van der Waals surface area contributed by atoms with Crippen LogP contribution in [0.5, 0.6) is 0 Å². The number of benzene rings is 2. The van der Waals surface area contributed by atoms with E-state index in [2.05, 4.69) is 4.98 Å². The zero-order valence-corrected chi connectivity index (χ0v) is 18.9. The average Bonchev–Trinajstić information content (AvgIpc) is 3.17. The number of nitrogens with two attached hydrogens (primary N) is 1. The molecule has 1 fully saturated rings. The molecule has 4 rings (SSSR count). The molecule has 1 amide bonds. The SMILES string of the molecule is Cl.N[C@@H](CCC1CN(c2ccc3cc(-c4ccccc4C(F)(F)F)[nH]c(=O)c3c2)C(=O)O1)C(=O)O. The molecule has 0 radical (unpaired) electrons. The minimum atomic E-state index is -4.59. The third kappa shape index (κ3) is 5.41.